The molecule has 2 bridgehead atoms. The minimum absolute atomic E-state index is 0.0411. The average molecular weight is 236 g/mol. The second-order valence-corrected chi connectivity index (χ2v) is 5.31. The third-order valence-corrected chi connectivity index (χ3v) is 4.69. The third-order valence-electron chi connectivity index (χ3n) is 4.69. The van der Waals surface area contributed by atoms with Crippen molar-refractivity contribution < 1.29 is 19.4 Å². The molecule has 0 aromatic carbocycles. The predicted octanol–water partition coefficient (Wildman–Crippen LogP) is 1.46. The molecule has 2 saturated carbocycles. The Morgan fingerprint density at radius 2 is 1.88 bits per heavy atom. The third kappa shape index (κ3) is 1.24. The van der Waals surface area contributed by atoms with Crippen LogP contribution in [0.15, 0.2) is 12.2 Å². The smallest absolute Gasteiger partial charge is 0.310 e. The van der Waals surface area contributed by atoms with Gasteiger partial charge in [0.1, 0.15) is 0 Å². The fourth-order valence-corrected chi connectivity index (χ4v) is 3.90. The summed E-state index contributed by atoms with van der Waals surface area (Å²) in [4.78, 5) is 23.3. The Balaban J connectivity index is 1.94. The number of hydrogen-bond donors (Lipinski definition) is 1. The summed E-state index contributed by atoms with van der Waals surface area (Å²) < 4.78 is 5.04. The number of aliphatic carboxylic acids is 1. The van der Waals surface area contributed by atoms with Crippen molar-refractivity contribution in [1.29, 1.82) is 0 Å². The van der Waals surface area contributed by atoms with Crippen molar-refractivity contribution in [2.24, 2.45) is 29.1 Å². The Kier molecular flexibility index (Phi) is 2.12. The van der Waals surface area contributed by atoms with E-state index in [1.165, 1.54) is 0 Å². The van der Waals surface area contributed by atoms with E-state index in [1.807, 2.05) is 12.2 Å². The Morgan fingerprint density at radius 1 is 1.29 bits per heavy atom. The normalized spacial score (nSPS) is 39.6. The van der Waals surface area contributed by atoms with E-state index in [0.717, 1.165) is 12.8 Å². The van der Waals surface area contributed by atoms with Crippen LogP contribution >= 0.6 is 0 Å². The van der Waals surface area contributed by atoms with Gasteiger partial charge in [0.2, 0.25) is 0 Å². The summed E-state index contributed by atoms with van der Waals surface area (Å²) in [6.07, 6.45) is 6.15. The van der Waals surface area contributed by atoms with Gasteiger partial charge in [-0.15, -0.1) is 0 Å². The average Bonchev–Trinajstić information content (AvgIpc) is 2.94. The highest BCUT2D eigenvalue weighted by atomic mass is 16.5. The predicted molar refractivity (Wildman–Crippen MR) is 59.0 cm³/mol. The molecule has 2 unspecified atom stereocenters. The zero-order valence-electron chi connectivity index (χ0n) is 9.76. The molecule has 4 heteroatoms. The van der Waals surface area contributed by atoms with Crippen molar-refractivity contribution in [3.63, 3.8) is 0 Å². The zero-order chi connectivity index (χ0) is 12.2. The molecule has 4 atom stereocenters. The van der Waals surface area contributed by atoms with Gasteiger partial charge >= 0.3 is 11.9 Å². The molecule has 1 spiro atoms. The fraction of sp³-hybridized carbons (Fsp3) is 0.692. The van der Waals surface area contributed by atoms with Crippen molar-refractivity contribution in [3.05, 3.63) is 12.2 Å². The summed E-state index contributed by atoms with van der Waals surface area (Å²) in [6.45, 7) is 2.07. The molecule has 3 aliphatic rings. The van der Waals surface area contributed by atoms with E-state index in [9.17, 15) is 14.7 Å². The Bertz CT molecular complexity index is 408. The van der Waals surface area contributed by atoms with Crippen LogP contribution in [0.25, 0.3) is 0 Å². The van der Waals surface area contributed by atoms with Gasteiger partial charge in [0, 0.05) is 0 Å². The lowest BCUT2D eigenvalue weighted by Crippen LogP contribution is -2.34. The van der Waals surface area contributed by atoms with Gasteiger partial charge in [-0.1, -0.05) is 12.2 Å². The van der Waals surface area contributed by atoms with Crippen LogP contribution in [0, 0.1) is 29.1 Å². The summed E-state index contributed by atoms with van der Waals surface area (Å²) >= 11 is 0. The number of rotatable bonds is 3. The van der Waals surface area contributed by atoms with Crippen LogP contribution in [0.5, 0.6) is 0 Å². The number of carboxylic acid groups (broad SMARTS) is 1. The van der Waals surface area contributed by atoms with Crippen LogP contribution in [0.2, 0.25) is 0 Å². The number of allylic oxidation sites excluding steroid dienone is 2. The summed E-state index contributed by atoms with van der Waals surface area (Å²) in [6, 6.07) is 0. The minimum atomic E-state index is -0.855. The summed E-state index contributed by atoms with van der Waals surface area (Å²) in [7, 11) is 0. The molecule has 0 amide bonds. The van der Waals surface area contributed by atoms with Gasteiger partial charge in [0.25, 0.3) is 0 Å². The van der Waals surface area contributed by atoms with Crippen LogP contribution in [0.3, 0.4) is 0 Å². The molecule has 0 heterocycles. The highest BCUT2D eigenvalue weighted by Gasteiger charge is 2.70. The molecular formula is C13H16O4. The molecule has 0 aromatic rings. The van der Waals surface area contributed by atoms with Crippen LogP contribution < -0.4 is 0 Å². The fourth-order valence-electron chi connectivity index (χ4n) is 3.90. The molecule has 3 rings (SSSR count). The molecule has 1 N–H and O–H groups in total. The Morgan fingerprint density at radius 3 is 2.35 bits per heavy atom. The maximum absolute atomic E-state index is 11.9. The Hall–Kier alpha value is -1.32. The lowest BCUT2D eigenvalue weighted by Gasteiger charge is -2.22. The molecule has 0 aromatic heterocycles. The first-order chi connectivity index (χ1) is 8.12. The van der Waals surface area contributed by atoms with Gasteiger partial charge in [-0.05, 0) is 37.0 Å². The van der Waals surface area contributed by atoms with Crippen molar-refractivity contribution in [1.82, 2.24) is 0 Å². The number of esters is 1. The van der Waals surface area contributed by atoms with Crippen LogP contribution in [0.4, 0.5) is 0 Å². The van der Waals surface area contributed by atoms with Gasteiger partial charge in [-0.25, -0.2) is 0 Å². The molecule has 0 saturated heterocycles. The number of carbonyl (C=O) groups is 2. The zero-order valence-corrected chi connectivity index (χ0v) is 9.76. The van der Waals surface area contributed by atoms with Gasteiger partial charge in [-0.2, -0.15) is 0 Å². The van der Waals surface area contributed by atoms with Crippen LogP contribution in [-0.2, 0) is 14.3 Å². The molecule has 92 valence electrons. The first kappa shape index (κ1) is 10.8. The van der Waals surface area contributed by atoms with Gasteiger partial charge in [0.15, 0.2) is 0 Å². The van der Waals surface area contributed by atoms with E-state index < -0.39 is 17.8 Å². The van der Waals surface area contributed by atoms with Crippen molar-refractivity contribution in [3.8, 4) is 0 Å². The van der Waals surface area contributed by atoms with E-state index in [1.54, 1.807) is 6.92 Å². The first-order valence-corrected chi connectivity index (χ1v) is 6.19. The van der Waals surface area contributed by atoms with E-state index in [2.05, 4.69) is 0 Å². The minimum Gasteiger partial charge on any atom is -0.481 e. The topological polar surface area (TPSA) is 63.6 Å². The van der Waals surface area contributed by atoms with Gasteiger partial charge < -0.3 is 9.84 Å². The maximum atomic E-state index is 11.9. The molecule has 0 aliphatic heterocycles. The molecule has 17 heavy (non-hydrogen) atoms. The first-order valence-electron chi connectivity index (χ1n) is 6.19. The quantitative estimate of drug-likeness (QED) is 0.595. The molecule has 0 radical (unpaired) electrons. The highest BCUT2D eigenvalue weighted by Crippen LogP contribution is 2.72. The van der Waals surface area contributed by atoms with Crippen molar-refractivity contribution >= 4 is 11.9 Å². The number of ether oxygens (including phenoxy) is 1. The second-order valence-electron chi connectivity index (χ2n) is 5.31. The molecule has 2 fully saturated rings. The molecular weight excluding hydrogens is 220 g/mol. The van der Waals surface area contributed by atoms with E-state index in [-0.39, 0.29) is 23.2 Å². The summed E-state index contributed by atoms with van der Waals surface area (Å²) in [5.41, 5.74) is 0.0838. The molecule has 4 nitrogen and oxygen atoms in total. The maximum Gasteiger partial charge on any atom is 0.310 e. The molecule has 3 aliphatic carbocycles. The Labute approximate surface area is 99.6 Å². The van der Waals surface area contributed by atoms with E-state index in [0.29, 0.717) is 6.61 Å². The number of carbonyl (C=O) groups excluding carboxylic acids is 1. The van der Waals surface area contributed by atoms with Crippen molar-refractivity contribution in [2.45, 2.75) is 19.8 Å². The van der Waals surface area contributed by atoms with Gasteiger partial charge in [-0.3, -0.25) is 9.59 Å². The van der Waals surface area contributed by atoms with Crippen LogP contribution in [-0.4, -0.2) is 23.7 Å². The van der Waals surface area contributed by atoms with Crippen LogP contribution in [0.1, 0.15) is 19.8 Å². The summed E-state index contributed by atoms with van der Waals surface area (Å²) in [5.74, 6) is -2.10. The monoisotopic (exact) mass is 236 g/mol. The lowest BCUT2D eigenvalue weighted by molar-refractivity contribution is -0.158. The van der Waals surface area contributed by atoms with E-state index >= 15 is 0 Å². The largest absolute Gasteiger partial charge is 0.481 e. The second kappa shape index (κ2) is 3.34. The van der Waals surface area contributed by atoms with Gasteiger partial charge in [0.05, 0.1) is 18.4 Å². The standard InChI is InChI=1S/C13H16O4/c1-2-17-12(16)10-8-4-3-7(9(10)11(14)15)13(8)5-6-13/h3-4,7-10H,2,5-6H2,1H3,(H,14,15)/t7-,8+,9?,10?/m0/s1. The lowest BCUT2D eigenvalue weighted by atomic mass is 9.83. The number of hydrogen-bond acceptors (Lipinski definition) is 3. The van der Waals surface area contributed by atoms with Crippen molar-refractivity contribution in [2.75, 3.05) is 6.61 Å². The van der Waals surface area contributed by atoms with E-state index in [4.69, 9.17) is 4.74 Å². The number of carboxylic acids is 1. The highest BCUT2D eigenvalue weighted by molar-refractivity contribution is 5.84. The summed E-state index contributed by atoms with van der Waals surface area (Å²) in [5, 5.41) is 9.34. The SMILES string of the molecule is CCOC(=O)C1C(C(=O)O)[C@@H]2C=C[C@H]1C21CC1.